The van der Waals surface area contributed by atoms with Gasteiger partial charge in [0, 0.05) is 25.6 Å². The molecule has 23 heavy (non-hydrogen) atoms. The Morgan fingerprint density at radius 1 is 1.22 bits per heavy atom. The van der Waals surface area contributed by atoms with Crippen LogP contribution >= 0.6 is 0 Å². The Hall–Kier alpha value is -1.93. The van der Waals surface area contributed by atoms with Crippen molar-refractivity contribution in [1.82, 2.24) is 9.62 Å². The zero-order valence-corrected chi connectivity index (χ0v) is 13.7. The van der Waals surface area contributed by atoms with Crippen LogP contribution < -0.4 is 5.32 Å². The van der Waals surface area contributed by atoms with Crippen molar-refractivity contribution < 1.29 is 23.1 Å². The summed E-state index contributed by atoms with van der Waals surface area (Å²) in [4.78, 5) is 22.7. The lowest BCUT2D eigenvalue weighted by Gasteiger charge is -2.30. The van der Waals surface area contributed by atoms with Crippen molar-refractivity contribution in [1.29, 1.82) is 0 Å². The summed E-state index contributed by atoms with van der Waals surface area (Å²) in [5, 5.41) is 11.6. The predicted molar refractivity (Wildman–Crippen MR) is 83.6 cm³/mol. The molecule has 0 aromatic heterocycles. The Bertz CT molecular complexity index is 676. The molecule has 0 atom stereocenters. The minimum Gasteiger partial charge on any atom is -0.478 e. The minimum absolute atomic E-state index is 0.0321. The van der Waals surface area contributed by atoms with Crippen LogP contribution in [0.2, 0.25) is 0 Å². The van der Waals surface area contributed by atoms with E-state index in [1.54, 1.807) is 0 Å². The molecular weight excluding hydrogens is 320 g/mol. The van der Waals surface area contributed by atoms with Crippen LogP contribution in [0.5, 0.6) is 0 Å². The molecule has 0 radical (unpaired) electrons. The van der Waals surface area contributed by atoms with E-state index in [0.717, 1.165) is 0 Å². The molecule has 2 N–H and O–H groups in total. The smallest absolute Gasteiger partial charge is 0.335 e. The van der Waals surface area contributed by atoms with Crippen molar-refractivity contribution in [3.63, 3.8) is 0 Å². The number of piperidine rings is 1. The van der Waals surface area contributed by atoms with Gasteiger partial charge >= 0.3 is 5.97 Å². The molecule has 1 saturated heterocycles. The van der Waals surface area contributed by atoms with Crippen LogP contribution in [0.1, 0.15) is 30.1 Å². The van der Waals surface area contributed by atoms with Crippen molar-refractivity contribution >= 4 is 21.9 Å². The summed E-state index contributed by atoms with van der Waals surface area (Å²) in [5.41, 5.74) is 0.0406. The van der Waals surface area contributed by atoms with Gasteiger partial charge in [-0.2, -0.15) is 4.31 Å². The first-order valence-corrected chi connectivity index (χ1v) is 8.91. The van der Waals surface area contributed by atoms with E-state index in [1.807, 2.05) is 6.92 Å². The molecule has 0 aliphatic carbocycles. The fourth-order valence-electron chi connectivity index (χ4n) is 2.60. The van der Waals surface area contributed by atoms with E-state index in [1.165, 1.54) is 28.6 Å². The van der Waals surface area contributed by atoms with Crippen LogP contribution in [0.25, 0.3) is 0 Å². The van der Waals surface area contributed by atoms with Gasteiger partial charge in [-0.05, 0) is 44.0 Å². The van der Waals surface area contributed by atoms with Crippen molar-refractivity contribution in [3.8, 4) is 0 Å². The Balaban J connectivity index is 2.07. The molecule has 0 spiro atoms. The van der Waals surface area contributed by atoms with E-state index >= 15 is 0 Å². The third-order valence-corrected chi connectivity index (χ3v) is 5.83. The number of amides is 1. The van der Waals surface area contributed by atoms with Crippen LogP contribution in [-0.2, 0) is 14.8 Å². The molecule has 8 heteroatoms. The molecule has 1 aromatic carbocycles. The first-order valence-electron chi connectivity index (χ1n) is 7.47. The topological polar surface area (TPSA) is 104 Å². The molecule has 1 aliphatic rings. The molecule has 0 saturated carbocycles. The highest BCUT2D eigenvalue weighted by Gasteiger charge is 2.31. The van der Waals surface area contributed by atoms with E-state index in [4.69, 9.17) is 5.11 Å². The number of nitrogens with one attached hydrogen (secondary N) is 1. The number of hydrogen-bond donors (Lipinski definition) is 2. The summed E-state index contributed by atoms with van der Waals surface area (Å²) in [6, 6.07) is 5.15. The van der Waals surface area contributed by atoms with Gasteiger partial charge in [0.15, 0.2) is 0 Å². The lowest BCUT2D eigenvalue weighted by molar-refractivity contribution is -0.126. The molecule has 1 fully saturated rings. The van der Waals surface area contributed by atoms with Crippen LogP contribution in [0.15, 0.2) is 29.2 Å². The Labute approximate surface area is 135 Å². The van der Waals surface area contributed by atoms with E-state index in [2.05, 4.69) is 5.32 Å². The fourth-order valence-corrected chi connectivity index (χ4v) is 4.07. The highest BCUT2D eigenvalue weighted by molar-refractivity contribution is 7.89. The maximum Gasteiger partial charge on any atom is 0.335 e. The van der Waals surface area contributed by atoms with E-state index in [-0.39, 0.29) is 35.4 Å². The largest absolute Gasteiger partial charge is 0.478 e. The van der Waals surface area contributed by atoms with Crippen LogP contribution in [0.4, 0.5) is 0 Å². The van der Waals surface area contributed by atoms with Gasteiger partial charge in [0.25, 0.3) is 0 Å². The molecule has 0 bridgehead atoms. The Morgan fingerprint density at radius 2 is 1.78 bits per heavy atom. The summed E-state index contributed by atoms with van der Waals surface area (Å²) in [5.74, 6) is -1.29. The number of sulfonamides is 1. The maximum atomic E-state index is 12.5. The van der Waals surface area contributed by atoms with E-state index in [0.29, 0.717) is 19.4 Å². The van der Waals surface area contributed by atoms with Crippen LogP contribution in [-0.4, -0.2) is 49.3 Å². The van der Waals surface area contributed by atoms with Gasteiger partial charge in [-0.3, -0.25) is 4.79 Å². The number of carboxylic acids is 1. The van der Waals surface area contributed by atoms with Crippen LogP contribution in [0.3, 0.4) is 0 Å². The van der Waals surface area contributed by atoms with Crippen molar-refractivity contribution in [3.05, 3.63) is 29.8 Å². The number of carboxylic acid groups (broad SMARTS) is 1. The molecule has 1 aromatic rings. The van der Waals surface area contributed by atoms with Gasteiger partial charge in [0.05, 0.1) is 10.5 Å². The molecule has 126 valence electrons. The second kappa shape index (κ2) is 7.10. The van der Waals surface area contributed by atoms with Gasteiger partial charge in [-0.15, -0.1) is 0 Å². The normalized spacial score (nSPS) is 16.9. The SMILES string of the molecule is CCNC(=O)C1CCN(S(=O)(=O)c2ccc(C(=O)O)cc2)CC1. The van der Waals surface area contributed by atoms with Crippen molar-refractivity contribution in [2.75, 3.05) is 19.6 Å². The van der Waals surface area contributed by atoms with Gasteiger partial charge in [0.1, 0.15) is 0 Å². The number of carbonyl (C=O) groups is 2. The monoisotopic (exact) mass is 340 g/mol. The average Bonchev–Trinajstić information content (AvgIpc) is 2.55. The van der Waals surface area contributed by atoms with Gasteiger partial charge in [-0.1, -0.05) is 0 Å². The molecule has 0 unspecified atom stereocenters. The van der Waals surface area contributed by atoms with E-state index < -0.39 is 16.0 Å². The quantitative estimate of drug-likeness (QED) is 0.829. The average molecular weight is 340 g/mol. The summed E-state index contributed by atoms with van der Waals surface area (Å²) >= 11 is 0. The number of hydrogen-bond acceptors (Lipinski definition) is 4. The first-order chi connectivity index (χ1) is 10.9. The molecule has 7 nitrogen and oxygen atoms in total. The highest BCUT2D eigenvalue weighted by Crippen LogP contribution is 2.24. The summed E-state index contributed by atoms with van der Waals surface area (Å²) in [7, 11) is -3.66. The van der Waals surface area contributed by atoms with E-state index in [9.17, 15) is 18.0 Å². The Kier molecular flexibility index (Phi) is 5.38. The molecular formula is C15H20N2O5S. The van der Waals surface area contributed by atoms with Gasteiger partial charge in [0.2, 0.25) is 15.9 Å². The standard InChI is InChI=1S/C15H20N2O5S/c1-2-16-14(18)11-7-9-17(10-8-11)23(21,22)13-5-3-12(4-6-13)15(19)20/h3-6,11H,2,7-10H2,1H3,(H,16,18)(H,19,20). The number of benzene rings is 1. The highest BCUT2D eigenvalue weighted by atomic mass is 32.2. The number of nitrogens with zero attached hydrogens (tertiary/aromatic N) is 1. The third-order valence-electron chi connectivity index (χ3n) is 3.91. The molecule has 1 amide bonds. The maximum absolute atomic E-state index is 12.5. The zero-order chi connectivity index (χ0) is 17.0. The first kappa shape index (κ1) is 17.4. The second-order valence-electron chi connectivity index (χ2n) is 5.40. The predicted octanol–water partition coefficient (Wildman–Crippen LogP) is 0.922. The lowest BCUT2D eigenvalue weighted by atomic mass is 9.97. The number of aromatic carboxylic acids is 1. The number of carbonyl (C=O) groups excluding carboxylic acids is 1. The summed E-state index contributed by atoms with van der Waals surface area (Å²) in [6.45, 7) is 2.97. The minimum atomic E-state index is -3.66. The summed E-state index contributed by atoms with van der Waals surface area (Å²) in [6.07, 6.45) is 0.969. The fraction of sp³-hybridized carbons (Fsp3) is 0.467. The third kappa shape index (κ3) is 3.89. The molecule has 1 aliphatic heterocycles. The summed E-state index contributed by atoms with van der Waals surface area (Å²) < 4.78 is 26.4. The number of rotatable bonds is 5. The molecule has 2 rings (SSSR count). The molecule has 1 heterocycles. The van der Waals surface area contributed by atoms with Gasteiger partial charge in [-0.25, -0.2) is 13.2 Å². The lowest BCUT2D eigenvalue weighted by Crippen LogP contribution is -2.42. The van der Waals surface area contributed by atoms with Crippen molar-refractivity contribution in [2.45, 2.75) is 24.7 Å². The van der Waals surface area contributed by atoms with Gasteiger partial charge < -0.3 is 10.4 Å². The zero-order valence-electron chi connectivity index (χ0n) is 12.9. The van der Waals surface area contributed by atoms with Crippen LogP contribution in [0, 0.1) is 5.92 Å². The van der Waals surface area contributed by atoms with Crippen molar-refractivity contribution in [2.24, 2.45) is 5.92 Å². The second-order valence-corrected chi connectivity index (χ2v) is 7.34. The Morgan fingerprint density at radius 3 is 2.26 bits per heavy atom.